The van der Waals surface area contributed by atoms with Gasteiger partial charge in [-0.05, 0) is 17.7 Å². The minimum atomic E-state index is -0.294. The number of rotatable bonds is 6. The van der Waals surface area contributed by atoms with Crippen molar-refractivity contribution < 1.29 is 14.0 Å². The van der Waals surface area contributed by atoms with E-state index in [4.69, 9.17) is 15.3 Å². The van der Waals surface area contributed by atoms with Gasteiger partial charge >= 0.3 is 0 Å². The van der Waals surface area contributed by atoms with Crippen LogP contribution in [-0.4, -0.2) is 19.6 Å². The van der Waals surface area contributed by atoms with Gasteiger partial charge in [0.15, 0.2) is 0 Å². The van der Waals surface area contributed by atoms with Crippen molar-refractivity contribution in [2.24, 2.45) is 10.9 Å². The fourth-order valence-electron chi connectivity index (χ4n) is 1.07. The Morgan fingerprint density at radius 1 is 1.50 bits per heavy atom. The van der Waals surface area contributed by atoms with Crippen LogP contribution in [0.3, 0.4) is 0 Å². The number of hydrogen-bond donors (Lipinski definition) is 1. The van der Waals surface area contributed by atoms with Gasteiger partial charge in [0.2, 0.25) is 0 Å². The molecule has 0 radical (unpaired) electrons. The summed E-state index contributed by atoms with van der Waals surface area (Å²) >= 11 is 0. The van der Waals surface area contributed by atoms with Crippen molar-refractivity contribution in [1.82, 2.24) is 0 Å². The van der Waals surface area contributed by atoms with Crippen molar-refractivity contribution >= 4 is 5.84 Å². The van der Waals surface area contributed by atoms with E-state index in [-0.39, 0.29) is 12.4 Å². The molecule has 16 heavy (non-hydrogen) atoms. The highest BCUT2D eigenvalue weighted by Gasteiger charge is 1.96. The molecule has 0 aromatic heterocycles. The van der Waals surface area contributed by atoms with Crippen LogP contribution in [0.15, 0.2) is 29.4 Å². The number of nitrogens with two attached hydrogens (primary N) is 1. The van der Waals surface area contributed by atoms with E-state index in [0.29, 0.717) is 24.4 Å². The third-order valence-corrected chi connectivity index (χ3v) is 1.86. The zero-order chi connectivity index (χ0) is 11.8. The first kappa shape index (κ1) is 12.4. The fraction of sp³-hybridized carbons (Fsp3) is 0.364. The van der Waals surface area contributed by atoms with Crippen molar-refractivity contribution in [3.63, 3.8) is 0 Å². The quantitative estimate of drug-likeness (QED) is 0.456. The standard InChI is InChI=1S/C11H15FN2O2/c1-15-6-5-11(13)14-16-8-9-3-2-4-10(12)7-9/h2-4,7H,5-6,8H2,1H3,(H2,13,14). The van der Waals surface area contributed by atoms with Gasteiger partial charge in [0.25, 0.3) is 0 Å². The molecule has 0 saturated carbocycles. The average molecular weight is 226 g/mol. The van der Waals surface area contributed by atoms with E-state index in [1.54, 1.807) is 19.2 Å². The molecule has 0 aliphatic rings. The van der Waals surface area contributed by atoms with Crippen molar-refractivity contribution in [1.29, 1.82) is 0 Å². The number of ether oxygens (including phenoxy) is 1. The molecule has 88 valence electrons. The second kappa shape index (κ2) is 6.79. The predicted molar refractivity (Wildman–Crippen MR) is 59.3 cm³/mol. The van der Waals surface area contributed by atoms with Gasteiger partial charge in [-0.2, -0.15) is 0 Å². The van der Waals surface area contributed by atoms with Gasteiger partial charge in [0.05, 0.1) is 6.61 Å². The lowest BCUT2D eigenvalue weighted by atomic mass is 10.2. The number of nitrogens with zero attached hydrogens (tertiary/aromatic N) is 1. The van der Waals surface area contributed by atoms with Gasteiger partial charge in [0.1, 0.15) is 18.3 Å². The van der Waals surface area contributed by atoms with E-state index in [2.05, 4.69) is 5.16 Å². The Morgan fingerprint density at radius 2 is 2.31 bits per heavy atom. The zero-order valence-electron chi connectivity index (χ0n) is 9.15. The third kappa shape index (κ3) is 4.75. The lowest BCUT2D eigenvalue weighted by Crippen LogP contribution is -2.14. The number of hydrogen-bond acceptors (Lipinski definition) is 3. The largest absolute Gasteiger partial charge is 0.390 e. The van der Waals surface area contributed by atoms with Gasteiger partial charge in [-0.15, -0.1) is 0 Å². The minimum Gasteiger partial charge on any atom is -0.390 e. The number of benzene rings is 1. The summed E-state index contributed by atoms with van der Waals surface area (Å²) in [6, 6.07) is 6.14. The zero-order valence-corrected chi connectivity index (χ0v) is 9.15. The first-order valence-electron chi connectivity index (χ1n) is 4.90. The molecule has 0 atom stereocenters. The van der Waals surface area contributed by atoms with Gasteiger partial charge in [0, 0.05) is 13.5 Å². The van der Waals surface area contributed by atoms with Crippen molar-refractivity contribution in [2.45, 2.75) is 13.0 Å². The van der Waals surface area contributed by atoms with Crippen LogP contribution in [0.2, 0.25) is 0 Å². The molecular formula is C11H15FN2O2. The summed E-state index contributed by atoms with van der Waals surface area (Å²) in [5.41, 5.74) is 6.24. The molecule has 0 bridgehead atoms. The molecule has 1 aromatic rings. The summed E-state index contributed by atoms with van der Waals surface area (Å²) in [6.07, 6.45) is 0.514. The van der Waals surface area contributed by atoms with Gasteiger partial charge in [-0.3, -0.25) is 0 Å². The monoisotopic (exact) mass is 226 g/mol. The highest BCUT2D eigenvalue weighted by molar-refractivity contribution is 5.79. The molecule has 0 aliphatic carbocycles. The van der Waals surface area contributed by atoms with E-state index < -0.39 is 0 Å². The molecule has 0 spiro atoms. The summed E-state index contributed by atoms with van der Waals surface area (Å²) in [5.74, 6) is 0.0655. The van der Waals surface area contributed by atoms with E-state index in [1.807, 2.05) is 0 Å². The summed E-state index contributed by atoms with van der Waals surface area (Å²) in [7, 11) is 1.58. The molecule has 0 unspecified atom stereocenters. The van der Waals surface area contributed by atoms with Crippen LogP contribution in [0.25, 0.3) is 0 Å². The predicted octanol–water partition coefficient (Wildman–Crippen LogP) is 1.65. The average Bonchev–Trinajstić information content (AvgIpc) is 2.26. The van der Waals surface area contributed by atoms with E-state index >= 15 is 0 Å². The molecule has 2 N–H and O–H groups in total. The van der Waals surface area contributed by atoms with Crippen LogP contribution in [0.4, 0.5) is 4.39 Å². The molecule has 0 aliphatic heterocycles. The van der Waals surface area contributed by atoms with Crippen LogP contribution in [0, 0.1) is 5.82 Å². The molecule has 0 heterocycles. The third-order valence-electron chi connectivity index (χ3n) is 1.86. The molecule has 5 heteroatoms. The van der Waals surface area contributed by atoms with Crippen molar-refractivity contribution in [3.05, 3.63) is 35.6 Å². The number of halogens is 1. The van der Waals surface area contributed by atoms with E-state index in [1.165, 1.54) is 12.1 Å². The minimum absolute atomic E-state index is 0.200. The summed E-state index contributed by atoms with van der Waals surface area (Å²) in [4.78, 5) is 4.97. The van der Waals surface area contributed by atoms with Crippen molar-refractivity contribution in [3.8, 4) is 0 Å². The molecule has 0 amide bonds. The summed E-state index contributed by atoms with van der Waals surface area (Å²) < 4.78 is 17.6. The highest BCUT2D eigenvalue weighted by Crippen LogP contribution is 2.04. The Morgan fingerprint density at radius 3 is 3.00 bits per heavy atom. The lowest BCUT2D eigenvalue weighted by Gasteiger charge is -2.02. The van der Waals surface area contributed by atoms with Crippen LogP contribution < -0.4 is 5.73 Å². The second-order valence-corrected chi connectivity index (χ2v) is 3.23. The molecule has 0 fully saturated rings. The first-order chi connectivity index (χ1) is 7.72. The summed E-state index contributed by atoms with van der Waals surface area (Å²) in [6.45, 7) is 0.699. The Bertz CT molecular complexity index is 356. The Balaban J connectivity index is 2.34. The van der Waals surface area contributed by atoms with Crippen LogP contribution >= 0.6 is 0 Å². The van der Waals surface area contributed by atoms with E-state index in [0.717, 1.165) is 0 Å². The number of oxime groups is 1. The Labute approximate surface area is 93.8 Å². The first-order valence-corrected chi connectivity index (χ1v) is 4.90. The number of amidine groups is 1. The topological polar surface area (TPSA) is 56.8 Å². The van der Waals surface area contributed by atoms with Crippen LogP contribution in [0.5, 0.6) is 0 Å². The number of methoxy groups -OCH3 is 1. The second-order valence-electron chi connectivity index (χ2n) is 3.23. The molecule has 4 nitrogen and oxygen atoms in total. The molecule has 1 rings (SSSR count). The van der Waals surface area contributed by atoms with Gasteiger partial charge in [-0.1, -0.05) is 17.3 Å². The van der Waals surface area contributed by atoms with Crippen molar-refractivity contribution in [2.75, 3.05) is 13.7 Å². The maximum Gasteiger partial charge on any atom is 0.142 e. The van der Waals surface area contributed by atoms with Gasteiger partial charge < -0.3 is 15.3 Å². The Hall–Kier alpha value is -1.62. The summed E-state index contributed by atoms with van der Waals surface area (Å²) in [5, 5.41) is 3.68. The SMILES string of the molecule is COCC/C(N)=N/OCc1cccc(F)c1. The maximum absolute atomic E-state index is 12.8. The van der Waals surface area contributed by atoms with Gasteiger partial charge in [-0.25, -0.2) is 4.39 Å². The Kier molecular flexibility index (Phi) is 5.28. The fourth-order valence-corrected chi connectivity index (χ4v) is 1.07. The van der Waals surface area contributed by atoms with E-state index in [9.17, 15) is 4.39 Å². The lowest BCUT2D eigenvalue weighted by molar-refractivity contribution is 0.128. The normalized spacial score (nSPS) is 11.5. The maximum atomic E-state index is 12.8. The smallest absolute Gasteiger partial charge is 0.142 e. The molecule has 0 saturated heterocycles. The van der Waals surface area contributed by atoms with Crippen LogP contribution in [-0.2, 0) is 16.2 Å². The molecule has 1 aromatic carbocycles. The molecular weight excluding hydrogens is 211 g/mol. The van der Waals surface area contributed by atoms with Crippen LogP contribution in [0.1, 0.15) is 12.0 Å². The highest BCUT2D eigenvalue weighted by atomic mass is 19.1.